The maximum absolute atomic E-state index is 12.7. The molecule has 42 heavy (non-hydrogen) atoms. The van der Waals surface area contributed by atoms with Gasteiger partial charge in [-0.05, 0) is 64.4 Å². The number of amides is 3. The lowest BCUT2D eigenvalue weighted by molar-refractivity contribution is -0.135. The molecule has 0 unspecified atom stereocenters. The molecule has 1 aliphatic rings. The van der Waals surface area contributed by atoms with Gasteiger partial charge in [0, 0.05) is 51.2 Å². The van der Waals surface area contributed by atoms with E-state index in [1.807, 2.05) is 50.2 Å². The third-order valence-electron chi connectivity index (χ3n) is 7.04. The number of carbonyl (C=O) groups is 3. The van der Waals surface area contributed by atoms with Crippen LogP contribution in [0.5, 0.6) is 0 Å². The lowest BCUT2D eigenvalue weighted by Gasteiger charge is -2.25. The summed E-state index contributed by atoms with van der Waals surface area (Å²) < 4.78 is 5.46. The molecule has 0 radical (unpaired) electrons. The molecule has 2 aromatic rings. The van der Waals surface area contributed by atoms with Crippen molar-refractivity contribution in [2.75, 3.05) is 58.1 Å². The van der Waals surface area contributed by atoms with Crippen LogP contribution in [0.1, 0.15) is 48.4 Å². The number of likely N-dealkylation sites (N-methyl/N-ethyl adjacent to an activating group) is 2. The number of aromatic nitrogens is 2. The number of benzene rings is 1. The highest BCUT2D eigenvalue weighted by molar-refractivity contribution is 5.96. The normalized spacial score (nSPS) is 14.5. The SMILES string of the molecule is CCc1nc(C(N)=O)c(Nc2cccc(CCNC(=O)[C@H](C)N(C)C(=O)/C=C/CN(C)C)c2)nc1NC1CCOCC1. The molecule has 0 bridgehead atoms. The fourth-order valence-corrected chi connectivity index (χ4v) is 4.39. The molecule has 228 valence electrons. The number of anilines is 3. The minimum atomic E-state index is -0.665. The number of rotatable bonds is 14. The predicted octanol–water partition coefficient (Wildman–Crippen LogP) is 2.10. The first kappa shape index (κ1) is 32.5. The van der Waals surface area contributed by atoms with E-state index >= 15 is 0 Å². The molecule has 1 aromatic carbocycles. The molecule has 2 heterocycles. The van der Waals surface area contributed by atoms with Crippen molar-refractivity contribution in [2.45, 2.75) is 51.6 Å². The quantitative estimate of drug-likeness (QED) is 0.246. The Morgan fingerprint density at radius 1 is 1.14 bits per heavy atom. The van der Waals surface area contributed by atoms with Crippen LogP contribution in [0.15, 0.2) is 36.4 Å². The lowest BCUT2D eigenvalue weighted by Crippen LogP contribution is -2.45. The predicted molar refractivity (Wildman–Crippen MR) is 164 cm³/mol. The Kier molecular flexibility index (Phi) is 12.2. The number of nitrogens with one attached hydrogen (secondary N) is 3. The van der Waals surface area contributed by atoms with Gasteiger partial charge in [-0.1, -0.05) is 25.1 Å². The van der Waals surface area contributed by atoms with Crippen molar-refractivity contribution in [2.24, 2.45) is 5.73 Å². The van der Waals surface area contributed by atoms with Gasteiger partial charge in [-0.3, -0.25) is 14.4 Å². The molecule has 0 saturated carbocycles. The Hall–Kier alpha value is -4.03. The van der Waals surface area contributed by atoms with Gasteiger partial charge in [0.1, 0.15) is 6.04 Å². The Balaban J connectivity index is 1.64. The van der Waals surface area contributed by atoms with Crippen LogP contribution in [0, 0.1) is 0 Å². The Morgan fingerprint density at radius 3 is 2.55 bits per heavy atom. The van der Waals surface area contributed by atoms with Gasteiger partial charge in [-0.25, -0.2) is 9.97 Å². The van der Waals surface area contributed by atoms with Crippen molar-refractivity contribution in [3.63, 3.8) is 0 Å². The van der Waals surface area contributed by atoms with Crippen LogP contribution in [0.3, 0.4) is 0 Å². The van der Waals surface area contributed by atoms with Crippen molar-refractivity contribution >= 4 is 35.0 Å². The zero-order valence-electron chi connectivity index (χ0n) is 25.3. The highest BCUT2D eigenvalue weighted by Crippen LogP contribution is 2.25. The van der Waals surface area contributed by atoms with Crippen molar-refractivity contribution in [1.82, 2.24) is 25.1 Å². The van der Waals surface area contributed by atoms with E-state index in [0.29, 0.717) is 56.3 Å². The second kappa shape index (κ2) is 15.8. The molecule has 1 saturated heterocycles. The fraction of sp³-hybridized carbons (Fsp3) is 0.500. The van der Waals surface area contributed by atoms with Gasteiger partial charge in [-0.2, -0.15) is 0 Å². The summed E-state index contributed by atoms with van der Waals surface area (Å²) in [5.41, 5.74) is 8.08. The van der Waals surface area contributed by atoms with Crippen LogP contribution in [0.2, 0.25) is 0 Å². The summed E-state index contributed by atoms with van der Waals surface area (Å²) in [6, 6.07) is 7.21. The summed E-state index contributed by atoms with van der Waals surface area (Å²) in [6.07, 6.45) is 6.14. The van der Waals surface area contributed by atoms with Gasteiger partial charge >= 0.3 is 0 Å². The second-order valence-electron chi connectivity index (χ2n) is 10.6. The fourth-order valence-electron chi connectivity index (χ4n) is 4.39. The van der Waals surface area contributed by atoms with E-state index in [1.165, 1.54) is 11.0 Å². The highest BCUT2D eigenvalue weighted by Gasteiger charge is 2.22. The summed E-state index contributed by atoms with van der Waals surface area (Å²) >= 11 is 0. The van der Waals surface area contributed by atoms with E-state index in [1.54, 1.807) is 20.0 Å². The Labute approximate surface area is 248 Å². The first-order valence-corrected chi connectivity index (χ1v) is 14.4. The molecule has 1 atom stereocenters. The maximum atomic E-state index is 12.7. The van der Waals surface area contributed by atoms with Crippen LogP contribution in [0.25, 0.3) is 0 Å². The zero-order valence-corrected chi connectivity index (χ0v) is 25.3. The van der Waals surface area contributed by atoms with Gasteiger partial charge in [0.2, 0.25) is 11.8 Å². The standard InChI is InChI=1S/C30H44N8O4/c1-6-24-28(33-22-13-17-42-18-14-22)36-29(26(35-24)27(31)40)34-23-10-7-9-21(19-23)12-15-32-30(41)20(2)38(5)25(39)11-8-16-37(3)4/h7-11,19-20,22H,6,12-18H2,1-5H3,(H2,31,40)(H,32,41)(H2,33,34,36)/b11-8+/t20-/m0/s1. The third kappa shape index (κ3) is 9.52. The van der Waals surface area contributed by atoms with E-state index in [-0.39, 0.29) is 29.4 Å². The van der Waals surface area contributed by atoms with E-state index in [4.69, 9.17) is 15.5 Å². The Morgan fingerprint density at radius 2 is 1.88 bits per heavy atom. The highest BCUT2D eigenvalue weighted by atomic mass is 16.5. The van der Waals surface area contributed by atoms with Crippen molar-refractivity contribution in [3.8, 4) is 0 Å². The van der Waals surface area contributed by atoms with Crippen molar-refractivity contribution in [3.05, 3.63) is 53.4 Å². The number of nitrogens with two attached hydrogens (primary N) is 1. The molecule has 3 rings (SSSR count). The van der Waals surface area contributed by atoms with E-state index in [2.05, 4.69) is 20.9 Å². The minimum absolute atomic E-state index is 0.0752. The molecule has 1 aliphatic heterocycles. The number of carbonyl (C=O) groups excluding carboxylic acids is 3. The molecule has 12 nitrogen and oxygen atoms in total. The molecule has 1 fully saturated rings. The molecular formula is C30H44N8O4. The number of ether oxygens (including phenoxy) is 1. The zero-order chi connectivity index (χ0) is 30.6. The Bertz CT molecular complexity index is 1260. The van der Waals surface area contributed by atoms with E-state index in [0.717, 1.165) is 18.4 Å². The molecule has 12 heteroatoms. The average Bonchev–Trinajstić information content (AvgIpc) is 2.96. The summed E-state index contributed by atoms with van der Waals surface area (Å²) in [5.74, 6) is -0.220. The first-order chi connectivity index (χ1) is 20.1. The minimum Gasteiger partial charge on any atom is -0.381 e. The summed E-state index contributed by atoms with van der Waals surface area (Å²) in [7, 11) is 5.44. The molecule has 3 amide bonds. The molecule has 1 aromatic heterocycles. The van der Waals surface area contributed by atoms with Gasteiger partial charge in [0.05, 0.1) is 5.69 Å². The number of nitrogens with zero attached hydrogens (tertiary/aromatic N) is 4. The number of hydrogen-bond donors (Lipinski definition) is 4. The lowest BCUT2D eigenvalue weighted by atomic mass is 10.1. The van der Waals surface area contributed by atoms with Crippen LogP contribution in [-0.4, -0.2) is 97.0 Å². The van der Waals surface area contributed by atoms with Crippen LogP contribution < -0.4 is 21.7 Å². The monoisotopic (exact) mass is 580 g/mol. The van der Waals surface area contributed by atoms with Crippen molar-refractivity contribution < 1.29 is 19.1 Å². The van der Waals surface area contributed by atoms with Crippen LogP contribution in [-0.2, 0) is 27.2 Å². The van der Waals surface area contributed by atoms with Gasteiger partial charge < -0.3 is 36.2 Å². The van der Waals surface area contributed by atoms with E-state index in [9.17, 15) is 14.4 Å². The van der Waals surface area contributed by atoms with Crippen molar-refractivity contribution in [1.29, 1.82) is 0 Å². The number of hydrogen-bond acceptors (Lipinski definition) is 9. The third-order valence-corrected chi connectivity index (χ3v) is 7.04. The largest absolute Gasteiger partial charge is 0.381 e. The summed E-state index contributed by atoms with van der Waals surface area (Å²) in [4.78, 5) is 49.9. The van der Waals surface area contributed by atoms with Gasteiger partial charge in [-0.15, -0.1) is 0 Å². The smallest absolute Gasteiger partial charge is 0.271 e. The van der Waals surface area contributed by atoms with Crippen LogP contribution in [0.4, 0.5) is 17.3 Å². The van der Waals surface area contributed by atoms with E-state index < -0.39 is 11.9 Å². The number of primary amides is 1. The molecular weight excluding hydrogens is 536 g/mol. The number of aryl methyl sites for hydroxylation is 1. The topological polar surface area (TPSA) is 155 Å². The average molecular weight is 581 g/mol. The summed E-state index contributed by atoms with van der Waals surface area (Å²) in [5, 5.41) is 9.58. The molecule has 5 N–H and O–H groups in total. The molecule has 0 aliphatic carbocycles. The van der Waals surface area contributed by atoms with Gasteiger partial charge in [0.25, 0.3) is 5.91 Å². The van der Waals surface area contributed by atoms with Crippen LogP contribution >= 0.6 is 0 Å². The van der Waals surface area contributed by atoms with Gasteiger partial charge in [0.15, 0.2) is 17.3 Å². The second-order valence-corrected chi connectivity index (χ2v) is 10.6. The maximum Gasteiger partial charge on any atom is 0.271 e. The first-order valence-electron chi connectivity index (χ1n) is 14.4. The summed E-state index contributed by atoms with van der Waals surface area (Å²) in [6.45, 7) is 6.06. The molecule has 0 spiro atoms.